The smallest absolute Gasteiger partial charge is 0.303 e. The van der Waals surface area contributed by atoms with E-state index in [2.05, 4.69) is 26.6 Å². The van der Waals surface area contributed by atoms with Gasteiger partial charge in [-0.25, -0.2) is 0 Å². The lowest BCUT2D eigenvalue weighted by Gasteiger charge is -2.24. The number of nitrogens with one attached hydrogen (secondary N) is 5. The molecule has 1 saturated carbocycles. The van der Waals surface area contributed by atoms with Gasteiger partial charge in [0, 0.05) is 31.8 Å². The first-order chi connectivity index (χ1) is 18.8. The predicted octanol–water partition coefficient (Wildman–Crippen LogP) is 1.23. The zero-order chi connectivity index (χ0) is 30.2. The Morgan fingerprint density at radius 2 is 1.45 bits per heavy atom. The Hall–Kier alpha value is -3.18. The zero-order valence-corrected chi connectivity index (χ0v) is 24.6. The van der Waals surface area contributed by atoms with Gasteiger partial charge in [0.05, 0.1) is 6.54 Å². The number of amides is 5. The van der Waals surface area contributed by atoms with Crippen molar-refractivity contribution < 1.29 is 33.9 Å². The first-order valence-corrected chi connectivity index (χ1v) is 14.5. The number of hydrogen-bond donors (Lipinski definition) is 6. The van der Waals surface area contributed by atoms with Crippen molar-refractivity contribution in [3.8, 4) is 0 Å². The lowest BCUT2D eigenvalue weighted by Crippen LogP contribution is -2.50. The SMILES string of the molecule is CCNC(=O)[C@@H](NC(=O)CCC(CC(C)C)NC(=O)CNC(=O)C(CC1CC1)NC(=O)CCCC(=O)O)C(C)C. The molecule has 0 radical (unpaired) electrons. The first kappa shape index (κ1) is 34.8. The molecule has 0 heterocycles. The highest BCUT2D eigenvalue weighted by Crippen LogP contribution is 2.33. The molecule has 1 rings (SSSR count). The van der Waals surface area contributed by atoms with E-state index >= 15 is 0 Å². The fourth-order valence-electron chi connectivity index (χ4n) is 4.34. The summed E-state index contributed by atoms with van der Waals surface area (Å²) >= 11 is 0. The maximum absolute atomic E-state index is 12.8. The maximum atomic E-state index is 12.8. The molecule has 3 atom stereocenters. The maximum Gasteiger partial charge on any atom is 0.303 e. The molecular weight excluding hydrogens is 518 g/mol. The van der Waals surface area contributed by atoms with Gasteiger partial charge in [-0.1, -0.05) is 40.5 Å². The normalized spacial score (nSPS) is 15.1. The van der Waals surface area contributed by atoms with Crippen LogP contribution in [0.4, 0.5) is 0 Å². The third-order valence-electron chi connectivity index (χ3n) is 6.59. The van der Waals surface area contributed by atoms with Crippen LogP contribution in [0.5, 0.6) is 0 Å². The van der Waals surface area contributed by atoms with Gasteiger partial charge < -0.3 is 31.7 Å². The van der Waals surface area contributed by atoms with Crippen LogP contribution in [0.1, 0.15) is 92.4 Å². The van der Waals surface area contributed by atoms with E-state index in [4.69, 9.17) is 5.11 Å². The molecule has 1 aliphatic carbocycles. The fourth-order valence-corrected chi connectivity index (χ4v) is 4.34. The molecule has 1 aliphatic rings. The van der Waals surface area contributed by atoms with Crippen LogP contribution in [-0.2, 0) is 28.8 Å². The molecule has 12 nitrogen and oxygen atoms in total. The molecule has 2 unspecified atom stereocenters. The summed E-state index contributed by atoms with van der Waals surface area (Å²) in [5.74, 6) is -2.24. The summed E-state index contributed by atoms with van der Waals surface area (Å²) in [6.45, 7) is 9.73. The van der Waals surface area contributed by atoms with Crippen LogP contribution in [-0.4, -0.2) is 71.8 Å². The summed E-state index contributed by atoms with van der Waals surface area (Å²) in [6, 6.07) is -1.72. The molecular formula is C28H49N5O7. The number of aliphatic carboxylic acids is 1. The molecule has 5 amide bonds. The first-order valence-electron chi connectivity index (χ1n) is 14.5. The Morgan fingerprint density at radius 1 is 0.800 bits per heavy atom. The molecule has 0 aromatic carbocycles. The summed E-state index contributed by atoms with van der Waals surface area (Å²) in [4.78, 5) is 73.2. The van der Waals surface area contributed by atoms with E-state index in [-0.39, 0.29) is 61.9 Å². The van der Waals surface area contributed by atoms with E-state index in [9.17, 15) is 28.8 Å². The minimum Gasteiger partial charge on any atom is -0.481 e. The van der Waals surface area contributed by atoms with Gasteiger partial charge in [0.1, 0.15) is 12.1 Å². The number of carboxylic acids is 1. The number of rotatable bonds is 20. The third-order valence-corrected chi connectivity index (χ3v) is 6.59. The van der Waals surface area contributed by atoms with Gasteiger partial charge in [0.15, 0.2) is 0 Å². The quantitative estimate of drug-likeness (QED) is 0.128. The van der Waals surface area contributed by atoms with Gasteiger partial charge >= 0.3 is 5.97 Å². The van der Waals surface area contributed by atoms with Crippen molar-refractivity contribution in [3.63, 3.8) is 0 Å². The second kappa shape index (κ2) is 18.2. The van der Waals surface area contributed by atoms with Gasteiger partial charge in [-0.2, -0.15) is 0 Å². The number of likely N-dealkylation sites (N-methyl/N-ethyl adjacent to an activating group) is 1. The van der Waals surface area contributed by atoms with Crippen molar-refractivity contribution in [3.05, 3.63) is 0 Å². The average Bonchev–Trinajstić information content (AvgIpc) is 3.67. The monoisotopic (exact) mass is 567 g/mol. The Morgan fingerprint density at radius 3 is 2.00 bits per heavy atom. The van der Waals surface area contributed by atoms with Crippen LogP contribution >= 0.6 is 0 Å². The lowest BCUT2D eigenvalue weighted by molar-refractivity contribution is -0.137. The van der Waals surface area contributed by atoms with Crippen molar-refractivity contribution >= 4 is 35.5 Å². The molecule has 0 bridgehead atoms. The van der Waals surface area contributed by atoms with Crippen molar-refractivity contribution in [1.29, 1.82) is 0 Å². The summed E-state index contributed by atoms with van der Waals surface area (Å²) in [5.41, 5.74) is 0. The highest BCUT2D eigenvalue weighted by Gasteiger charge is 2.31. The Bertz CT molecular complexity index is 873. The summed E-state index contributed by atoms with van der Waals surface area (Å²) < 4.78 is 0. The molecule has 0 saturated heterocycles. The second-order valence-electron chi connectivity index (χ2n) is 11.4. The van der Waals surface area contributed by atoms with E-state index in [1.54, 1.807) is 0 Å². The number of carbonyl (C=O) groups is 6. The van der Waals surface area contributed by atoms with E-state index < -0.39 is 35.8 Å². The van der Waals surface area contributed by atoms with Gasteiger partial charge in [-0.3, -0.25) is 28.8 Å². The predicted molar refractivity (Wildman–Crippen MR) is 150 cm³/mol. The van der Waals surface area contributed by atoms with Crippen LogP contribution in [0.2, 0.25) is 0 Å². The molecule has 0 aromatic rings. The second-order valence-corrected chi connectivity index (χ2v) is 11.4. The minimum atomic E-state index is -0.985. The van der Waals surface area contributed by atoms with E-state index in [0.29, 0.717) is 31.7 Å². The van der Waals surface area contributed by atoms with Crippen molar-refractivity contribution in [2.24, 2.45) is 17.8 Å². The topological polar surface area (TPSA) is 183 Å². The van der Waals surface area contributed by atoms with Crippen molar-refractivity contribution in [2.45, 2.75) is 111 Å². The molecule has 228 valence electrons. The number of hydrogen-bond acceptors (Lipinski definition) is 6. The van der Waals surface area contributed by atoms with Gasteiger partial charge in [0.25, 0.3) is 0 Å². The molecule has 40 heavy (non-hydrogen) atoms. The van der Waals surface area contributed by atoms with Crippen LogP contribution < -0.4 is 26.6 Å². The van der Waals surface area contributed by atoms with Gasteiger partial charge in [0.2, 0.25) is 29.5 Å². The largest absolute Gasteiger partial charge is 0.481 e. The molecule has 0 aromatic heterocycles. The fraction of sp³-hybridized carbons (Fsp3) is 0.786. The van der Waals surface area contributed by atoms with Crippen LogP contribution in [0, 0.1) is 17.8 Å². The Balaban J connectivity index is 2.61. The van der Waals surface area contributed by atoms with Crippen molar-refractivity contribution in [1.82, 2.24) is 26.6 Å². The molecule has 12 heteroatoms. The van der Waals surface area contributed by atoms with Gasteiger partial charge in [-0.15, -0.1) is 0 Å². The highest BCUT2D eigenvalue weighted by molar-refractivity contribution is 5.91. The van der Waals surface area contributed by atoms with E-state index in [1.807, 2.05) is 34.6 Å². The van der Waals surface area contributed by atoms with E-state index in [1.165, 1.54) is 0 Å². The van der Waals surface area contributed by atoms with Crippen LogP contribution in [0.15, 0.2) is 0 Å². The Kier molecular flexibility index (Phi) is 15.9. The average molecular weight is 568 g/mol. The molecule has 0 spiro atoms. The molecule has 0 aliphatic heterocycles. The summed E-state index contributed by atoms with van der Waals surface area (Å²) in [6.07, 6.45) is 3.62. The summed E-state index contributed by atoms with van der Waals surface area (Å²) in [5, 5.41) is 22.4. The molecule has 6 N–H and O–H groups in total. The summed E-state index contributed by atoms with van der Waals surface area (Å²) in [7, 11) is 0. The van der Waals surface area contributed by atoms with Crippen LogP contribution in [0.3, 0.4) is 0 Å². The third kappa shape index (κ3) is 15.4. The number of carboxylic acid groups (broad SMARTS) is 1. The highest BCUT2D eigenvalue weighted by atomic mass is 16.4. The standard InChI is InChI=1S/C28H49N5O7/c1-6-29-28(40)26(18(4)5)33-23(35)13-12-20(14-17(2)3)31-24(36)16-30-27(39)21(15-19-10-11-19)32-22(34)8-7-9-25(37)38/h17-21,26H,6-16H2,1-5H3,(H,29,40)(H,30,39)(H,31,36)(H,32,34)(H,33,35)(H,37,38)/t20?,21?,26-/m0/s1. The van der Waals surface area contributed by atoms with Gasteiger partial charge in [-0.05, 0) is 50.4 Å². The Labute approximate surface area is 237 Å². The minimum absolute atomic E-state index is 0.00683. The van der Waals surface area contributed by atoms with Crippen LogP contribution in [0.25, 0.3) is 0 Å². The van der Waals surface area contributed by atoms with Crippen molar-refractivity contribution in [2.75, 3.05) is 13.1 Å². The zero-order valence-electron chi connectivity index (χ0n) is 24.6. The number of carbonyl (C=O) groups excluding carboxylic acids is 5. The van der Waals surface area contributed by atoms with E-state index in [0.717, 1.165) is 12.8 Å². The lowest BCUT2D eigenvalue weighted by atomic mass is 9.98. The molecule has 1 fully saturated rings.